The van der Waals surface area contributed by atoms with Crippen molar-refractivity contribution in [3.63, 3.8) is 0 Å². The Morgan fingerprint density at radius 3 is 3.18 bits per heavy atom. The summed E-state index contributed by atoms with van der Waals surface area (Å²) < 4.78 is 0. The van der Waals surface area contributed by atoms with Crippen molar-refractivity contribution in [2.45, 2.75) is 19.4 Å². The fourth-order valence-corrected chi connectivity index (χ4v) is 2.69. The summed E-state index contributed by atoms with van der Waals surface area (Å²) in [7, 11) is 0. The molecule has 0 radical (unpaired) electrons. The number of fused-ring (bicyclic) bond motifs is 1. The van der Waals surface area contributed by atoms with Crippen molar-refractivity contribution in [1.82, 2.24) is 15.4 Å². The average molecular weight is 268 g/mol. The first-order chi connectivity index (χ1) is 8.22. The van der Waals surface area contributed by atoms with Gasteiger partial charge in [0, 0.05) is 12.5 Å². The summed E-state index contributed by atoms with van der Waals surface area (Å²) >= 11 is 7.43. The second kappa shape index (κ2) is 4.12. The number of halogens is 1. The standard InChI is InChI=1S/C10H10ClN5S/c1-5-4-7(16-15-5)12-8-6-2-3-17-9(6)14-10(11)13-8/h2-3,5,15H,4H2,1H3,(H,12,13,14,16). The summed E-state index contributed by atoms with van der Waals surface area (Å²) in [6.07, 6.45) is 0.854. The largest absolute Gasteiger partial charge is 0.326 e. The summed E-state index contributed by atoms with van der Waals surface area (Å²) in [5.74, 6) is 1.59. The molecule has 1 aliphatic heterocycles. The molecule has 0 saturated carbocycles. The summed E-state index contributed by atoms with van der Waals surface area (Å²) in [4.78, 5) is 9.25. The fraction of sp³-hybridized carbons (Fsp3) is 0.300. The van der Waals surface area contributed by atoms with E-state index in [-0.39, 0.29) is 5.28 Å². The molecule has 88 valence electrons. The third kappa shape index (κ3) is 2.05. The van der Waals surface area contributed by atoms with Crippen molar-refractivity contribution in [2.24, 2.45) is 5.10 Å². The zero-order valence-corrected chi connectivity index (χ0v) is 10.6. The fourth-order valence-electron chi connectivity index (χ4n) is 1.71. The van der Waals surface area contributed by atoms with Crippen LogP contribution >= 0.6 is 22.9 Å². The lowest BCUT2D eigenvalue weighted by atomic mass is 10.2. The molecular formula is C10H10ClN5S. The van der Waals surface area contributed by atoms with Gasteiger partial charge in [0.25, 0.3) is 0 Å². The van der Waals surface area contributed by atoms with Crippen LogP contribution < -0.4 is 10.7 Å². The van der Waals surface area contributed by atoms with Gasteiger partial charge in [-0.05, 0) is 30.0 Å². The molecule has 2 aromatic rings. The van der Waals surface area contributed by atoms with E-state index >= 15 is 0 Å². The van der Waals surface area contributed by atoms with Gasteiger partial charge in [0.15, 0.2) is 0 Å². The van der Waals surface area contributed by atoms with Crippen LogP contribution in [0.3, 0.4) is 0 Å². The maximum absolute atomic E-state index is 5.88. The maximum Gasteiger partial charge on any atom is 0.225 e. The number of rotatable bonds is 1. The van der Waals surface area contributed by atoms with Crippen LogP contribution in [-0.2, 0) is 0 Å². The Morgan fingerprint density at radius 2 is 2.41 bits per heavy atom. The molecule has 0 aromatic carbocycles. The molecule has 0 fully saturated rings. The SMILES string of the molecule is CC1CC(Nc2nc(Cl)nc3sccc23)=NN1. The monoisotopic (exact) mass is 267 g/mol. The van der Waals surface area contributed by atoms with Gasteiger partial charge in [-0.15, -0.1) is 11.3 Å². The Kier molecular flexibility index (Phi) is 2.60. The first kappa shape index (κ1) is 10.7. The number of aromatic nitrogens is 2. The molecule has 0 spiro atoms. The van der Waals surface area contributed by atoms with E-state index in [9.17, 15) is 0 Å². The molecule has 2 aromatic heterocycles. The summed E-state index contributed by atoms with van der Waals surface area (Å²) in [5.41, 5.74) is 3.00. The van der Waals surface area contributed by atoms with Gasteiger partial charge in [-0.3, -0.25) is 0 Å². The molecule has 3 rings (SSSR count). The van der Waals surface area contributed by atoms with E-state index in [0.717, 1.165) is 28.3 Å². The van der Waals surface area contributed by atoms with Gasteiger partial charge < -0.3 is 10.7 Å². The van der Waals surface area contributed by atoms with E-state index in [1.807, 2.05) is 11.4 Å². The van der Waals surface area contributed by atoms with E-state index in [1.54, 1.807) is 11.3 Å². The van der Waals surface area contributed by atoms with Crippen molar-refractivity contribution >= 4 is 44.8 Å². The highest BCUT2D eigenvalue weighted by atomic mass is 35.5. The molecule has 2 N–H and O–H groups in total. The van der Waals surface area contributed by atoms with Crippen molar-refractivity contribution in [3.8, 4) is 0 Å². The summed E-state index contributed by atoms with van der Waals surface area (Å²) in [6.45, 7) is 2.07. The van der Waals surface area contributed by atoms with Crippen molar-refractivity contribution in [3.05, 3.63) is 16.7 Å². The highest BCUT2D eigenvalue weighted by Crippen LogP contribution is 2.26. The number of amidine groups is 1. The summed E-state index contributed by atoms with van der Waals surface area (Å²) in [6, 6.07) is 2.33. The van der Waals surface area contributed by atoms with Crippen LogP contribution in [0.15, 0.2) is 16.5 Å². The van der Waals surface area contributed by atoms with Gasteiger partial charge in [0.05, 0.1) is 5.39 Å². The molecule has 0 bridgehead atoms. The van der Waals surface area contributed by atoms with E-state index in [2.05, 4.69) is 32.7 Å². The molecule has 3 heterocycles. The zero-order chi connectivity index (χ0) is 11.8. The van der Waals surface area contributed by atoms with E-state index in [0.29, 0.717) is 6.04 Å². The predicted octanol–water partition coefficient (Wildman–Crippen LogP) is 2.45. The first-order valence-electron chi connectivity index (χ1n) is 5.22. The Balaban J connectivity index is 1.97. The molecule has 7 heteroatoms. The second-order valence-corrected chi connectivity index (χ2v) is 5.13. The minimum atomic E-state index is 0.252. The molecule has 5 nitrogen and oxygen atoms in total. The number of nitrogens with one attached hydrogen (secondary N) is 2. The predicted molar refractivity (Wildman–Crippen MR) is 70.7 cm³/mol. The molecule has 17 heavy (non-hydrogen) atoms. The Hall–Kier alpha value is -1.40. The van der Waals surface area contributed by atoms with E-state index in [4.69, 9.17) is 11.6 Å². The lowest BCUT2D eigenvalue weighted by molar-refractivity contribution is 0.636. The average Bonchev–Trinajstić information content (AvgIpc) is 2.87. The zero-order valence-electron chi connectivity index (χ0n) is 9.07. The highest BCUT2D eigenvalue weighted by molar-refractivity contribution is 7.16. The minimum Gasteiger partial charge on any atom is -0.326 e. The van der Waals surface area contributed by atoms with E-state index < -0.39 is 0 Å². The van der Waals surface area contributed by atoms with Crippen LogP contribution in [-0.4, -0.2) is 21.8 Å². The quantitative estimate of drug-likeness (QED) is 0.779. The maximum atomic E-state index is 5.88. The molecule has 0 saturated heterocycles. The molecule has 1 unspecified atom stereocenters. The van der Waals surface area contributed by atoms with Gasteiger partial charge >= 0.3 is 0 Å². The van der Waals surface area contributed by atoms with Crippen LogP contribution in [0.4, 0.5) is 5.82 Å². The number of hydrazone groups is 1. The van der Waals surface area contributed by atoms with Gasteiger partial charge in [0.1, 0.15) is 16.5 Å². The number of thiophene rings is 1. The topological polar surface area (TPSA) is 62.2 Å². The second-order valence-electron chi connectivity index (χ2n) is 3.90. The minimum absolute atomic E-state index is 0.252. The molecule has 0 aliphatic carbocycles. The van der Waals surface area contributed by atoms with Gasteiger partial charge in [-0.1, -0.05) is 0 Å². The van der Waals surface area contributed by atoms with Crippen LogP contribution in [0.5, 0.6) is 0 Å². The Bertz CT molecular complexity index is 593. The Morgan fingerprint density at radius 1 is 1.53 bits per heavy atom. The lowest BCUT2D eigenvalue weighted by Crippen LogP contribution is -2.15. The van der Waals surface area contributed by atoms with Gasteiger partial charge in [0.2, 0.25) is 5.28 Å². The summed E-state index contributed by atoms with van der Waals surface area (Å²) in [5, 5.41) is 10.6. The smallest absolute Gasteiger partial charge is 0.225 e. The number of hydrogen-bond acceptors (Lipinski definition) is 6. The van der Waals surface area contributed by atoms with Crippen molar-refractivity contribution in [2.75, 3.05) is 5.32 Å². The molecule has 1 atom stereocenters. The van der Waals surface area contributed by atoms with E-state index in [1.165, 1.54) is 0 Å². The van der Waals surface area contributed by atoms with Gasteiger partial charge in [-0.2, -0.15) is 10.1 Å². The number of hydrogen-bond donors (Lipinski definition) is 2. The highest BCUT2D eigenvalue weighted by Gasteiger charge is 2.16. The number of nitrogens with zero attached hydrogens (tertiary/aromatic N) is 3. The van der Waals surface area contributed by atoms with Crippen molar-refractivity contribution < 1.29 is 0 Å². The van der Waals surface area contributed by atoms with Crippen molar-refractivity contribution in [1.29, 1.82) is 0 Å². The first-order valence-corrected chi connectivity index (χ1v) is 6.48. The van der Waals surface area contributed by atoms with Crippen LogP contribution in [0, 0.1) is 0 Å². The van der Waals surface area contributed by atoms with Crippen LogP contribution in [0.25, 0.3) is 10.2 Å². The normalized spacial score (nSPS) is 19.2. The van der Waals surface area contributed by atoms with Crippen LogP contribution in [0.2, 0.25) is 5.28 Å². The lowest BCUT2D eigenvalue weighted by Gasteiger charge is -2.05. The van der Waals surface area contributed by atoms with Crippen LogP contribution in [0.1, 0.15) is 13.3 Å². The third-order valence-electron chi connectivity index (χ3n) is 2.48. The molecule has 1 aliphatic rings. The van der Waals surface area contributed by atoms with Gasteiger partial charge in [-0.25, -0.2) is 4.98 Å². The molecular weight excluding hydrogens is 258 g/mol. The third-order valence-corrected chi connectivity index (χ3v) is 3.46. The Labute approximate surface area is 107 Å². The number of anilines is 1. The molecule has 0 amide bonds.